The van der Waals surface area contributed by atoms with E-state index in [0.717, 1.165) is 0 Å². The van der Waals surface area contributed by atoms with Gasteiger partial charge in [0.1, 0.15) is 5.82 Å². The summed E-state index contributed by atoms with van der Waals surface area (Å²) in [5.74, 6) is 0.514. The molecule has 0 saturated carbocycles. The summed E-state index contributed by atoms with van der Waals surface area (Å²) in [5.41, 5.74) is 0. The van der Waals surface area contributed by atoms with Crippen LogP contribution >= 0.6 is 12.2 Å². The number of rotatable bonds is 1. The number of hydrogen-bond acceptors (Lipinski definition) is 2. The van der Waals surface area contributed by atoms with E-state index in [9.17, 15) is 4.39 Å². The lowest BCUT2D eigenvalue weighted by atomic mass is 10.4. The van der Waals surface area contributed by atoms with E-state index < -0.39 is 5.24 Å². The lowest BCUT2D eigenvalue weighted by molar-refractivity contribution is 0.797. The summed E-state index contributed by atoms with van der Waals surface area (Å²) in [6, 6.07) is 5.22. The summed E-state index contributed by atoms with van der Waals surface area (Å²) in [7, 11) is 1.53. The highest BCUT2D eigenvalue weighted by Crippen LogP contribution is 2.07. The molecule has 4 heteroatoms. The Morgan fingerprint density at radius 2 is 2.36 bits per heavy atom. The van der Waals surface area contributed by atoms with Crippen molar-refractivity contribution in [2.24, 2.45) is 0 Å². The number of aromatic nitrogens is 1. The van der Waals surface area contributed by atoms with Crippen molar-refractivity contribution in [3.8, 4) is 0 Å². The van der Waals surface area contributed by atoms with Crippen LogP contribution in [0.15, 0.2) is 24.4 Å². The lowest BCUT2D eigenvalue weighted by Gasteiger charge is -2.11. The van der Waals surface area contributed by atoms with Gasteiger partial charge in [-0.05, 0) is 24.4 Å². The predicted octanol–water partition coefficient (Wildman–Crippen LogP) is 1.77. The molecule has 0 amide bonds. The molecule has 0 radical (unpaired) electrons. The van der Waals surface area contributed by atoms with Crippen LogP contribution in [0.5, 0.6) is 0 Å². The maximum atomic E-state index is 12.4. The molecule has 0 aromatic carbocycles. The lowest BCUT2D eigenvalue weighted by Crippen LogP contribution is -2.20. The van der Waals surface area contributed by atoms with Crippen molar-refractivity contribution in [2.45, 2.75) is 0 Å². The largest absolute Gasteiger partial charge is 0.297 e. The van der Waals surface area contributed by atoms with E-state index in [1.165, 1.54) is 11.9 Å². The summed E-state index contributed by atoms with van der Waals surface area (Å²) < 4.78 is 12.4. The highest BCUT2D eigenvalue weighted by atomic mass is 32.1. The van der Waals surface area contributed by atoms with Crippen molar-refractivity contribution >= 4 is 23.3 Å². The van der Waals surface area contributed by atoms with Gasteiger partial charge in [-0.25, -0.2) is 4.98 Å². The van der Waals surface area contributed by atoms with Crippen molar-refractivity contribution in [3.63, 3.8) is 0 Å². The molecule has 11 heavy (non-hydrogen) atoms. The fourth-order valence-electron chi connectivity index (χ4n) is 0.642. The smallest absolute Gasteiger partial charge is 0.260 e. The second-order valence-electron chi connectivity index (χ2n) is 2.00. The van der Waals surface area contributed by atoms with Crippen LogP contribution in [0.25, 0.3) is 0 Å². The zero-order valence-corrected chi connectivity index (χ0v) is 6.81. The van der Waals surface area contributed by atoms with E-state index in [-0.39, 0.29) is 0 Å². The van der Waals surface area contributed by atoms with Gasteiger partial charge in [0.25, 0.3) is 5.24 Å². The first-order chi connectivity index (χ1) is 5.22. The molecule has 1 aromatic rings. The molecule has 0 bridgehead atoms. The molecule has 0 spiro atoms. The van der Waals surface area contributed by atoms with E-state index in [4.69, 9.17) is 0 Å². The van der Waals surface area contributed by atoms with Crippen LogP contribution in [-0.2, 0) is 0 Å². The summed E-state index contributed by atoms with van der Waals surface area (Å²) in [6.07, 6.45) is 1.59. The highest BCUT2D eigenvalue weighted by molar-refractivity contribution is 7.80. The predicted molar refractivity (Wildman–Crippen MR) is 46.3 cm³/mol. The van der Waals surface area contributed by atoms with Crippen LogP contribution in [0, 0.1) is 0 Å². The van der Waals surface area contributed by atoms with Crippen LogP contribution in [-0.4, -0.2) is 17.3 Å². The Balaban J connectivity index is 2.85. The molecule has 1 aromatic heterocycles. The Bertz CT molecular complexity index is 250. The van der Waals surface area contributed by atoms with Gasteiger partial charge in [-0.15, -0.1) is 0 Å². The molecule has 0 aliphatic rings. The Morgan fingerprint density at radius 3 is 2.82 bits per heavy atom. The van der Waals surface area contributed by atoms with Gasteiger partial charge < -0.3 is 0 Å². The SMILES string of the molecule is CN(C(F)=S)c1ccccn1. The molecule has 0 atom stereocenters. The molecule has 1 heterocycles. The van der Waals surface area contributed by atoms with Gasteiger partial charge in [0.15, 0.2) is 0 Å². The average molecular weight is 170 g/mol. The minimum atomic E-state index is -0.677. The minimum Gasteiger partial charge on any atom is -0.297 e. The van der Waals surface area contributed by atoms with Gasteiger partial charge in [0.05, 0.1) is 0 Å². The third-order valence-electron chi connectivity index (χ3n) is 1.26. The van der Waals surface area contributed by atoms with Gasteiger partial charge >= 0.3 is 0 Å². The maximum Gasteiger partial charge on any atom is 0.260 e. The van der Waals surface area contributed by atoms with Gasteiger partial charge in [0.2, 0.25) is 0 Å². The Hall–Kier alpha value is -1.03. The number of halogens is 1. The summed E-state index contributed by atoms with van der Waals surface area (Å²) in [4.78, 5) is 5.10. The van der Waals surface area contributed by atoms with Crippen LogP contribution in [0.3, 0.4) is 0 Å². The normalized spacial score (nSPS) is 9.27. The average Bonchev–Trinajstić information content (AvgIpc) is 2.05. The summed E-state index contributed by atoms with van der Waals surface area (Å²) in [5, 5.41) is -0.677. The fraction of sp³-hybridized carbons (Fsp3) is 0.143. The second kappa shape index (κ2) is 3.39. The first-order valence-electron chi connectivity index (χ1n) is 3.06. The zero-order chi connectivity index (χ0) is 8.27. The number of nitrogens with zero attached hydrogens (tertiary/aromatic N) is 2. The van der Waals surface area contributed by atoms with Gasteiger partial charge in [-0.3, -0.25) is 4.90 Å². The first-order valence-corrected chi connectivity index (χ1v) is 3.47. The Labute approximate surface area is 69.7 Å². The highest BCUT2D eigenvalue weighted by Gasteiger charge is 2.04. The van der Waals surface area contributed by atoms with Crippen LogP contribution in [0.1, 0.15) is 0 Å². The van der Waals surface area contributed by atoms with Crippen molar-refractivity contribution in [1.29, 1.82) is 0 Å². The molecule has 1 rings (SSSR count). The zero-order valence-electron chi connectivity index (χ0n) is 5.99. The molecule has 58 valence electrons. The van der Waals surface area contributed by atoms with Crippen LogP contribution in [0.4, 0.5) is 10.2 Å². The van der Waals surface area contributed by atoms with Crippen molar-refractivity contribution in [2.75, 3.05) is 11.9 Å². The molecular weight excluding hydrogens is 163 g/mol. The van der Waals surface area contributed by atoms with Gasteiger partial charge in [0, 0.05) is 13.2 Å². The number of anilines is 1. The van der Waals surface area contributed by atoms with E-state index in [1.54, 1.807) is 24.4 Å². The molecule has 0 unspecified atom stereocenters. The fourth-order valence-corrected chi connectivity index (χ4v) is 0.736. The quantitative estimate of drug-likeness (QED) is 0.363. The molecule has 0 aliphatic heterocycles. The Morgan fingerprint density at radius 1 is 1.64 bits per heavy atom. The first kappa shape index (κ1) is 8.07. The number of pyridine rings is 1. The maximum absolute atomic E-state index is 12.4. The van der Waals surface area contributed by atoms with Gasteiger partial charge in [-0.2, -0.15) is 4.39 Å². The van der Waals surface area contributed by atoms with Crippen LogP contribution < -0.4 is 4.90 Å². The van der Waals surface area contributed by atoms with E-state index in [2.05, 4.69) is 17.2 Å². The molecule has 0 aliphatic carbocycles. The number of thiocarbonyl (C=S) groups is 1. The minimum absolute atomic E-state index is 0.514. The topological polar surface area (TPSA) is 16.1 Å². The number of hydrogen-bond donors (Lipinski definition) is 0. The monoisotopic (exact) mass is 170 g/mol. The third-order valence-corrected chi connectivity index (χ3v) is 1.53. The Kier molecular flexibility index (Phi) is 2.48. The molecule has 0 N–H and O–H groups in total. The molecular formula is C7H7FN2S. The van der Waals surface area contributed by atoms with Gasteiger partial charge in [-0.1, -0.05) is 6.07 Å². The molecule has 2 nitrogen and oxygen atoms in total. The van der Waals surface area contributed by atoms with Crippen molar-refractivity contribution < 1.29 is 4.39 Å². The summed E-state index contributed by atoms with van der Waals surface area (Å²) >= 11 is 4.32. The van der Waals surface area contributed by atoms with Crippen molar-refractivity contribution in [3.05, 3.63) is 24.4 Å². The molecule has 0 saturated heterocycles. The second-order valence-corrected chi connectivity index (χ2v) is 2.34. The third kappa shape index (κ3) is 1.94. The van der Waals surface area contributed by atoms with Crippen LogP contribution in [0.2, 0.25) is 0 Å². The van der Waals surface area contributed by atoms with E-state index in [1.807, 2.05) is 0 Å². The standard InChI is InChI=1S/C7H7FN2S/c1-10(7(8)11)6-4-2-3-5-9-6/h2-5H,1H3. The molecule has 0 fully saturated rings. The van der Waals surface area contributed by atoms with E-state index >= 15 is 0 Å². The van der Waals surface area contributed by atoms with E-state index in [0.29, 0.717) is 5.82 Å². The summed E-state index contributed by atoms with van der Waals surface area (Å²) in [6.45, 7) is 0. The van der Waals surface area contributed by atoms with Crippen molar-refractivity contribution in [1.82, 2.24) is 4.98 Å².